The summed E-state index contributed by atoms with van der Waals surface area (Å²) >= 11 is 2.87. The van der Waals surface area contributed by atoms with E-state index in [0.717, 1.165) is 21.9 Å². The Hall–Kier alpha value is -3.57. The highest BCUT2D eigenvalue weighted by Gasteiger charge is 2.69. The zero-order valence-corrected chi connectivity index (χ0v) is 24.7. The molecule has 2 saturated carbocycles. The average Bonchev–Trinajstić information content (AvgIpc) is 3.72. The number of H-pyrrole nitrogens is 1. The first kappa shape index (κ1) is 27.3. The molecule has 3 heterocycles. The molecule has 2 aliphatic heterocycles. The van der Waals surface area contributed by atoms with Crippen molar-refractivity contribution in [3.63, 3.8) is 0 Å². The minimum Gasteiger partial charge on any atom is -0.490 e. The second-order valence-corrected chi connectivity index (χ2v) is 13.2. The second-order valence-electron chi connectivity index (χ2n) is 11.0. The Bertz CT molecular complexity index is 1620. The third kappa shape index (κ3) is 4.19. The number of imide groups is 1. The molecule has 2 aliphatic carbocycles. The van der Waals surface area contributed by atoms with E-state index in [1.165, 1.54) is 16.2 Å². The highest BCUT2D eigenvalue weighted by atomic mass is 32.2. The van der Waals surface area contributed by atoms with Crippen LogP contribution in [0.1, 0.15) is 36.6 Å². The zero-order chi connectivity index (χ0) is 29.1. The fourth-order valence-corrected chi connectivity index (χ4v) is 10.6. The maximum absolute atomic E-state index is 13.9. The molecule has 218 valence electrons. The number of benzene rings is 2. The van der Waals surface area contributed by atoms with Crippen LogP contribution in [-0.4, -0.2) is 47.8 Å². The van der Waals surface area contributed by atoms with Crippen molar-refractivity contribution >= 4 is 46.6 Å². The summed E-state index contributed by atoms with van der Waals surface area (Å²) in [5, 5.41) is 0.930. The van der Waals surface area contributed by atoms with Crippen molar-refractivity contribution in [3.8, 4) is 11.5 Å². The number of carbonyl (C=O) groups excluding carboxylic acids is 3. The van der Waals surface area contributed by atoms with Crippen molar-refractivity contribution in [1.82, 2.24) is 4.98 Å². The van der Waals surface area contributed by atoms with E-state index in [1.807, 2.05) is 49.4 Å². The summed E-state index contributed by atoms with van der Waals surface area (Å²) in [4.78, 5) is 57.4. The molecular weight excluding hydrogens is 576 g/mol. The molecule has 0 spiro atoms. The molecule has 9 nitrogen and oxygen atoms in total. The van der Waals surface area contributed by atoms with E-state index < -0.39 is 5.97 Å². The Morgan fingerprint density at radius 2 is 1.71 bits per heavy atom. The molecule has 3 aromatic rings. The molecule has 11 heteroatoms. The molecule has 4 unspecified atom stereocenters. The van der Waals surface area contributed by atoms with Gasteiger partial charge in [0.05, 0.1) is 35.8 Å². The van der Waals surface area contributed by atoms with Crippen LogP contribution in [0.15, 0.2) is 58.4 Å². The predicted molar refractivity (Wildman–Crippen MR) is 157 cm³/mol. The van der Waals surface area contributed by atoms with Crippen LogP contribution in [0.4, 0.5) is 5.69 Å². The summed E-state index contributed by atoms with van der Waals surface area (Å²) in [6, 6.07) is 14.9. The van der Waals surface area contributed by atoms with Crippen molar-refractivity contribution in [2.45, 2.75) is 36.5 Å². The number of carbonyl (C=O) groups is 3. The van der Waals surface area contributed by atoms with E-state index in [2.05, 4.69) is 4.98 Å². The van der Waals surface area contributed by atoms with Gasteiger partial charge in [0.15, 0.2) is 18.1 Å². The molecule has 7 atom stereocenters. The third-order valence-electron chi connectivity index (χ3n) is 9.02. The van der Waals surface area contributed by atoms with Gasteiger partial charge in [0.2, 0.25) is 11.8 Å². The van der Waals surface area contributed by atoms with Crippen LogP contribution in [0.3, 0.4) is 0 Å². The van der Waals surface area contributed by atoms with Crippen molar-refractivity contribution in [1.29, 1.82) is 0 Å². The van der Waals surface area contributed by atoms with Gasteiger partial charge in [-0.1, -0.05) is 35.6 Å². The summed E-state index contributed by atoms with van der Waals surface area (Å²) in [5.41, 5.74) is 1.58. The van der Waals surface area contributed by atoms with Crippen LogP contribution in [0.25, 0.3) is 0 Å². The van der Waals surface area contributed by atoms with Gasteiger partial charge in [-0.15, -0.1) is 11.8 Å². The van der Waals surface area contributed by atoms with Crippen LogP contribution < -0.4 is 19.2 Å². The van der Waals surface area contributed by atoms with Gasteiger partial charge in [-0.2, -0.15) is 0 Å². The Morgan fingerprint density at radius 3 is 2.45 bits per heavy atom. The molecular formula is C31H30N2O7S2. The lowest BCUT2D eigenvalue weighted by molar-refractivity contribution is -0.145. The van der Waals surface area contributed by atoms with E-state index in [9.17, 15) is 19.2 Å². The number of anilines is 1. The summed E-state index contributed by atoms with van der Waals surface area (Å²) in [7, 11) is 0. The number of hydrogen-bond acceptors (Lipinski definition) is 9. The van der Waals surface area contributed by atoms with E-state index >= 15 is 0 Å². The molecule has 4 aliphatic rings. The lowest BCUT2D eigenvalue weighted by Gasteiger charge is -2.43. The molecule has 3 fully saturated rings. The molecule has 0 radical (unpaired) electrons. The quantitative estimate of drug-likeness (QED) is 0.296. The first-order chi connectivity index (χ1) is 20.4. The van der Waals surface area contributed by atoms with E-state index in [4.69, 9.17) is 14.2 Å². The fourth-order valence-electron chi connectivity index (χ4n) is 7.67. The maximum Gasteiger partial charge on any atom is 0.344 e. The maximum atomic E-state index is 13.9. The highest BCUT2D eigenvalue weighted by molar-refractivity contribution is 8.00. The number of amides is 2. The van der Waals surface area contributed by atoms with Gasteiger partial charge in [-0.25, -0.2) is 4.79 Å². The number of hydrogen-bond donors (Lipinski definition) is 1. The third-order valence-corrected chi connectivity index (χ3v) is 11.6. The topological polar surface area (TPSA) is 115 Å². The van der Waals surface area contributed by atoms with Crippen molar-refractivity contribution < 1.29 is 28.6 Å². The Morgan fingerprint density at radius 1 is 0.952 bits per heavy atom. The Kier molecular flexibility index (Phi) is 6.89. The van der Waals surface area contributed by atoms with Crippen molar-refractivity contribution in [2.75, 3.05) is 24.7 Å². The number of nitrogens with one attached hydrogen (secondary N) is 1. The molecule has 42 heavy (non-hydrogen) atoms. The summed E-state index contributed by atoms with van der Waals surface area (Å²) < 4.78 is 16.7. The number of aromatic nitrogens is 1. The minimum absolute atomic E-state index is 0.00768. The molecule has 2 amide bonds. The zero-order valence-electron chi connectivity index (χ0n) is 23.1. The van der Waals surface area contributed by atoms with Gasteiger partial charge in [0.1, 0.15) is 0 Å². The summed E-state index contributed by atoms with van der Waals surface area (Å²) in [6.07, 6.45) is 0.812. The van der Waals surface area contributed by atoms with Gasteiger partial charge in [-0.05, 0) is 67.9 Å². The van der Waals surface area contributed by atoms with Gasteiger partial charge in [-0.3, -0.25) is 19.3 Å². The molecule has 1 aromatic heterocycles. The van der Waals surface area contributed by atoms with Crippen LogP contribution in [0.2, 0.25) is 0 Å². The number of ether oxygens (including phenoxy) is 3. The molecule has 1 saturated heterocycles. The largest absolute Gasteiger partial charge is 0.490 e. The SMILES string of the molecule is CCOC(=O)COc1ccc([C@H]2c3sc(=O)[nH]c3SC3C2[C@H]2C[C@@H]3C3C(=O)N(c4ccccc4)C(=O)C32)cc1OCC. The van der Waals surface area contributed by atoms with Gasteiger partial charge >= 0.3 is 10.8 Å². The normalized spacial score (nSPS) is 28.8. The Balaban J connectivity index is 1.26. The standard InChI is InChI=1S/C31H30N2O7S2/c1-3-38-20-12-15(10-11-19(20)40-14-21(34)39-4-2)22-23-17-13-18(26(23)41-28-27(22)42-31(37)32-28)25-24(17)29(35)33(30(25)36)16-8-6-5-7-9-16/h5-12,17-18,22-26H,3-4,13-14H2,1-2H3,(H,32,37)/t17-,18-,22-,23?,24?,25?,26?/m1/s1. The van der Waals surface area contributed by atoms with E-state index in [0.29, 0.717) is 23.8 Å². The van der Waals surface area contributed by atoms with Gasteiger partial charge in [0.25, 0.3) is 0 Å². The summed E-state index contributed by atoms with van der Waals surface area (Å²) in [5.74, 6) is -0.512. The molecule has 7 rings (SSSR count). The lowest BCUT2D eigenvalue weighted by Crippen LogP contribution is -2.42. The number of fused-ring (bicyclic) bond motifs is 9. The number of thiazole rings is 1. The summed E-state index contributed by atoms with van der Waals surface area (Å²) in [6.45, 7) is 4.05. The second kappa shape index (κ2) is 10.6. The minimum atomic E-state index is -0.463. The van der Waals surface area contributed by atoms with Gasteiger partial charge in [0, 0.05) is 16.0 Å². The van der Waals surface area contributed by atoms with E-state index in [-0.39, 0.29) is 70.7 Å². The number of rotatable bonds is 8. The molecule has 1 N–H and O–H groups in total. The monoisotopic (exact) mass is 606 g/mol. The van der Waals surface area contributed by atoms with Crippen LogP contribution >= 0.6 is 23.1 Å². The average molecular weight is 607 g/mol. The lowest BCUT2D eigenvalue weighted by atomic mass is 9.68. The highest BCUT2D eigenvalue weighted by Crippen LogP contribution is 2.68. The first-order valence-electron chi connectivity index (χ1n) is 14.3. The molecule has 2 aromatic carbocycles. The predicted octanol–water partition coefficient (Wildman–Crippen LogP) is 4.45. The van der Waals surface area contributed by atoms with Crippen molar-refractivity contribution in [2.24, 2.45) is 29.6 Å². The number of esters is 1. The smallest absolute Gasteiger partial charge is 0.344 e. The van der Waals surface area contributed by atoms with Crippen LogP contribution in [0, 0.1) is 29.6 Å². The first-order valence-corrected chi connectivity index (χ1v) is 16.0. The number of para-hydroxylation sites is 1. The van der Waals surface area contributed by atoms with Gasteiger partial charge < -0.3 is 19.2 Å². The number of nitrogens with zero attached hydrogens (tertiary/aromatic N) is 1. The van der Waals surface area contributed by atoms with Crippen LogP contribution in [-0.2, 0) is 19.1 Å². The van der Waals surface area contributed by atoms with Crippen LogP contribution in [0.5, 0.6) is 11.5 Å². The van der Waals surface area contributed by atoms with Crippen molar-refractivity contribution in [3.05, 3.63) is 68.6 Å². The fraction of sp³-hybridized carbons (Fsp3) is 0.419. The van der Waals surface area contributed by atoms with E-state index in [1.54, 1.807) is 24.8 Å². The Labute approximate surface area is 250 Å². The molecule has 2 bridgehead atoms. The number of aromatic amines is 1. The number of thioether (sulfide) groups is 1.